The summed E-state index contributed by atoms with van der Waals surface area (Å²) in [6.45, 7) is 0. The molecular weight excluding hydrogens is 312 g/mol. The van der Waals surface area contributed by atoms with Crippen molar-refractivity contribution in [3.05, 3.63) is 65.2 Å². The first-order chi connectivity index (χ1) is 11.7. The van der Waals surface area contributed by atoms with E-state index in [1.165, 1.54) is 0 Å². The highest BCUT2D eigenvalue weighted by molar-refractivity contribution is 6.03. The van der Waals surface area contributed by atoms with Gasteiger partial charge in [-0.15, -0.1) is 0 Å². The van der Waals surface area contributed by atoms with Gasteiger partial charge in [-0.25, -0.2) is 14.8 Å². The summed E-state index contributed by atoms with van der Waals surface area (Å²) in [4.78, 5) is 33.9. The number of anilines is 1. The minimum absolute atomic E-state index is 0.263. The molecule has 0 aliphatic heterocycles. The highest BCUT2D eigenvalue weighted by Gasteiger charge is 2.12. The van der Waals surface area contributed by atoms with Gasteiger partial charge in [0.05, 0.1) is 0 Å². The van der Waals surface area contributed by atoms with E-state index in [-0.39, 0.29) is 11.6 Å². The minimum atomic E-state index is -0.622. The van der Waals surface area contributed by atoms with Crippen LogP contribution in [0, 0.1) is 0 Å². The molecule has 2 N–H and O–H groups in total. The van der Waals surface area contributed by atoms with Crippen LogP contribution in [0.4, 0.5) is 5.69 Å². The number of benzene rings is 1. The van der Waals surface area contributed by atoms with Gasteiger partial charge in [0.1, 0.15) is 5.69 Å². The van der Waals surface area contributed by atoms with Gasteiger partial charge in [0.25, 0.3) is 5.91 Å². The summed E-state index contributed by atoms with van der Waals surface area (Å²) in [5.74, 6) is -0.191. The van der Waals surface area contributed by atoms with E-state index >= 15 is 0 Å². The SMILES string of the molecule is O=C(Nc1ccc(-c2noc(=O)[nH]2)cc1)c1cn2cccnc2n1. The van der Waals surface area contributed by atoms with Crippen LogP contribution < -0.4 is 11.1 Å². The molecule has 0 aliphatic rings. The molecule has 1 aromatic carbocycles. The van der Waals surface area contributed by atoms with Crippen LogP contribution in [0.2, 0.25) is 0 Å². The summed E-state index contributed by atoms with van der Waals surface area (Å²) in [6.07, 6.45) is 4.97. The van der Waals surface area contributed by atoms with Crippen LogP contribution in [0.5, 0.6) is 0 Å². The van der Waals surface area contributed by atoms with Gasteiger partial charge in [-0.1, -0.05) is 5.16 Å². The van der Waals surface area contributed by atoms with Gasteiger partial charge < -0.3 is 5.32 Å². The number of imidazole rings is 1. The zero-order valence-corrected chi connectivity index (χ0v) is 12.1. The average Bonchev–Trinajstić information content (AvgIpc) is 3.21. The third kappa shape index (κ3) is 2.54. The number of H-pyrrole nitrogens is 1. The van der Waals surface area contributed by atoms with Crippen molar-refractivity contribution >= 4 is 17.4 Å². The Morgan fingerprint density at radius 2 is 2.08 bits per heavy atom. The number of amides is 1. The van der Waals surface area contributed by atoms with E-state index in [9.17, 15) is 9.59 Å². The first-order valence-corrected chi connectivity index (χ1v) is 6.96. The molecule has 24 heavy (non-hydrogen) atoms. The number of hydrogen-bond acceptors (Lipinski definition) is 6. The summed E-state index contributed by atoms with van der Waals surface area (Å²) in [5.41, 5.74) is 1.51. The molecule has 3 aromatic heterocycles. The molecular formula is C15H10N6O3. The Bertz CT molecular complexity index is 1040. The highest BCUT2D eigenvalue weighted by Crippen LogP contribution is 2.17. The molecule has 0 saturated carbocycles. The van der Waals surface area contributed by atoms with E-state index in [0.29, 0.717) is 22.9 Å². The molecule has 3 heterocycles. The maximum absolute atomic E-state index is 12.3. The third-order valence-electron chi connectivity index (χ3n) is 3.32. The fourth-order valence-electron chi connectivity index (χ4n) is 2.20. The molecule has 4 rings (SSSR count). The normalized spacial score (nSPS) is 10.8. The summed E-state index contributed by atoms with van der Waals surface area (Å²) in [5, 5.41) is 6.34. The van der Waals surface area contributed by atoms with Crippen LogP contribution in [-0.4, -0.2) is 30.4 Å². The Hall–Kier alpha value is -3.75. The Balaban J connectivity index is 1.54. The molecule has 0 unspecified atom stereocenters. The van der Waals surface area contributed by atoms with E-state index in [1.807, 2.05) is 0 Å². The van der Waals surface area contributed by atoms with E-state index in [2.05, 4.69) is 29.9 Å². The van der Waals surface area contributed by atoms with Gasteiger partial charge in [-0.2, -0.15) is 0 Å². The van der Waals surface area contributed by atoms with Crippen molar-refractivity contribution in [1.82, 2.24) is 24.5 Å². The molecule has 0 saturated heterocycles. The predicted molar refractivity (Wildman–Crippen MR) is 83.5 cm³/mol. The Morgan fingerprint density at radius 3 is 2.79 bits per heavy atom. The Morgan fingerprint density at radius 1 is 1.25 bits per heavy atom. The first kappa shape index (κ1) is 13.9. The van der Waals surface area contributed by atoms with Gasteiger partial charge in [0.2, 0.25) is 5.78 Å². The first-order valence-electron chi connectivity index (χ1n) is 6.96. The minimum Gasteiger partial charge on any atom is -0.321 e. The molecule has 0 spiro atoms. The summed E-state index contributed by atoms with van der Waals surface area (Å²) < 4.78 is 6.12. The lowest BCUT2D eigenvalue weighted by Crippen LogP contribution is -2.12. The molecule has 1 amide bonds. The zero-order valence-electron chi connectivity index (χ0n) is 12.1. The number of carbonyl (C=O) groups is 1. The number of aromatic amines is 1. The maximum Gasteiger partial charge on any atom is 0.439 e. The lowest BCUT2D eigenvalue weighted by Gasteiger charge is -2.03. The second-order valence-corrected chi connectivity index (χ2v) is 4.93. The predicted octanol–water partition coefficient (Wildman–Crippen LogP) is 1.32. The van der Waals surface area contributed by atoms with Crippen LogP contribution in [0.3, 0.4) is 0 Å². The zero-order chi connectivity index (χ0) is 16.5. The van der Waals surface area contributed by atoms with E-state index < -0.39 is 5.76 Å². The molecule has 0 atom stereocenters. The van der Waals surface area contributed by atoms with Gasteiger partial charge in [0, 0.05) is 29.8 Å². The monoisotopic (exact) mass is 322 g/mol. The van der Waals surface area contributed by atoms with Crippen LogP contribution >= 0.6 is 0 Å². The fourth-order valence-corrected chi connectivity index (χ4v) is 2.20. The lowest BCUT2D eigenvalue weighted by atomic mass is 10.2. The third-order valence-corrected chi connectivity index (χ3v) is 3.32. The van der Waals surface area contributed by atoms with Crippen molar-refractivity contribution in [3.63, 3.8) is 0 Å². The maximum atomic E-state index is 12.3. The van der Waals surface area contributed by atoms with Crippen LogP contribution in [0.1, 0.15) is 10.5 Å². The summed E-state index contributed by atoms with van der Waals surface area (Å²) >= 11 is 0. The number of nitrogens with zero attached hydrogens (tertiary/aromatic N) is 4. The van der Waals surface area contributed by atoms with Crippen LogP contribution in [-0.2, 0) is 0 Å². The van der Waals surface area contributed by atoms with Gasteiger partial charge in [-0.3, -0.25) is 18.7 Å². The van der Waals surface area contributed by atoms with Crippen molar-refractivity contribution in [2.24, 2.45) is 0 Å². The van der Waals surface area contributed by atoms with Gasteiger partial charge in [-0.05, 0) is 30.3 Å². The van der Waals surface area contributed by atoms with Crippen molar-refractivity contribution in [2.45, 2.75) is 0 Å². The van der Waals surface area contributed by atoms with Crippen LogP contribution in [0.15, 0.2) is 58.2 Å². The Kier molecular flexibility index (Phi) is 3.16. The number of carbonyl (C=O) groups excluding carboxylic acids is 1. The Labute approximate surface area is 134 Å². The molecule has 9 heteroatoms. The fraction of sp³-hybridized carbons (Fsp3) is 0. The van der Waals surface area contributed by atoms with Gasteiger partial charge >= 0.3 is 5.76 Å². The average molecular weight is 322 g/mol. The molecule has 0 bridgehead atoms. The van der Waals surface area contributed by atoms with Crippen molar-refractivity contribution < 1.29 is 9.32 Å². The van der Waals surface area contributed by atoms with E-state index in [4.69, 9.17) is 0 Å². The van der Waals surface area contributed by atoms with E-state index in [1.54, 1.807) is 53.3 Å². The van der Waals surface area contributed by atoms with E-state index in [0.717, 1.165) is 0 Å². The topological polar surface area (TPSA) is 118 Å². The number of rotatable bonds is 3. The molecule has 9 nitrogen and oxygen atoms in total. The van der Waals surface area contributed by atoms with Crippen molar-refractivity contribution in [3.8, 4) is 11.4 Å². The van der Waals surface area contributed by atoms with Crippen LogP contribution in [0.25, 0.3) is 17.2 Å². The molecule has 0 radical (unpaired) electrons. The number of fused-ring (bicyclic) bond motifs is 1. The lowest BCUT2D eigenvalue weighted by molar-refractivity contribution is 0.102. The number of aromatic nitrogens is 5. The largest absolute Gasteiger partial charge is 0.439 e. The highest BCUT2D eigenvalue weighted by atomic mass is 16.5. The molecule has 4 aromatic rings. The second-order valence-electron chi connectivity index (χ2n) is 4.93. The standard InChI is InChI=1S/C15H10N6O3/c22-13(11-8-21-7-1-6-16-14(21)18-11)17-10-4-2-9(3-5-10)12-19-15(23)24-20-12/h1-8H,(H,17,22)(H,19,20,23). The van der Waals surface area contributed by atoms with Crippen molar-refractivity contribution in [1.29, 1.82) is 0 Å². The molecule has 0 fully saturated rings. The number of hydrogen-bond donors (Lipinski definition) is 2. The summed E-state index contributed by atoms with van der Waals surface area (Å²) in [6, 6.07) is 8.54. The molecule has 118 valence electrons. The number of nitrogens with one attached hydrogen (secondary N) is 2. The summed E-state index contributed by atoms with van der Waals surface area (Å²) in [7, 11) is 0. The molecule has 0 aliphatic carbocycles. The van der Waals surface area contributed by atoms with Crippen molar-refractivity contribution in [2.75, 3.05) is 5.32 Å². The smallest absolute Gasteiger partial charge is 0.321 e. The second kappa shape index (κ2) is 5.47. The quantitative estimate of drug-likeness (QED) is 0.587. The van der Waals surface area contributed by atoms with Gasteiger partial charge in [0.15, 0.2) is 5.82 Å².